The molecule has 0 saturated carbocycles. The Bertz CT molecular complexity index is 2480. The number of fused-ring (bicyclic) bond motifs is 6. The molecule has 0 unspecified atom stereocenters. The first-order valence-electron chi connectivity index (χ1n) is 15.0. The van der Waals surface area contributed by atoms with Gasteiger partial charge in [0.2, 0.25) is 0 Å². The molecule has 2 heterocycles. The quantitative estimate of drug-likeness (QED) is 0.196. The molecule has 0 amide bonds. The first kappa shape index (κ1) is 25.4. The maximum atomic E-state index is 6.18. The van der Waals surface area contributed by atoms with Crippen molar-refractivity contribution >= 4 is 43.5 Å². The van der Waals surface area contributed by atoms with Crippen molar-refractivity contribution in [3.8, 4) is 45.3 Å². The summed E-state index contributed by atoms with van der Waals surface area (Å²) in [4.78, 5) is 14.7. The molecule has 4 nitrogen and oxygen atoms in total. The zero-order valence-electron chi connectivity index (χ0n) is 24.2. The molecule has 9 aromatic rings. The maximum Gasteiger partial charge on any atom is 0.164 e. The van der Waals surface area contributed by atoms with Gasteiger partial charge >= 0.3 is 0 Å². The van der Waals surface area contributed by atoms with Gasteiger partial charge in [-0.3, -0.25) is 0 Å². The average molecular weight is 576 g/mol. The van der Waals surface area contributed by atoms with Crippen LogP contribution < -0.4 is 0 Å². The first-order chi connectivity index (χ1) is 22.3. The van der Waals surface area contributed by atoms with Crippen LogP contribution in [0.1, 0.15) is 0 Å². The highest BCUT2D eigenvalue weighted by molar-refractivity contribution is 6.16. The minimum Gasteiger partial charge on any atom is -0.456 e. The Balaban J connectivity index is 1.19. The van der Waals surface area contributed by atoms with Gasteiger partial charge in [0.25, 0.3) is 0 Å². The van der Waals surface area contributed by atoms with Crippen LogP contribution in [-0.2, 0) is 0 Å². The summed E-state index contributed by atoms with van der Waals surface area (Å²) in [5.74, 6) is 1.95. The van der Waals surface area contributed by atoms with Gasteiger partial charge in [-0.1, -0.05) is 121 Å². The van der Waals surface area contributed by atoms with Crippen LogP contribution in [0.5, 0.6) is 0 Å². The van der Waals surface area contributed by atoms with Crippen LogP contribution in [0.4, 0.5) is 0 Å². The monoisotopic (exact) mass is 575 g/mol. The van der Waals surface area contributed by atoms with E-state index in [2.05, 4.69) is 78.9 Å². The van der Waals surface area contributed by atoms with E-state index in [4.69, 9.17) is 19.4 Å². The summed E-state index contributed by atoms with van der Waals surface area (Å²) in [6.07, 6.45) is 0. The number of hydrogen-bond donors (Lipinski definition) is 0. The maximum absolute atomic E-state index is 6.18. The van der Waals surface area contributed by atoms with E-state index in [1.807, 2.05) is 72.8 Å². The minimum absolute atomic E-state index is 0.644. The molecule has 45 heavy (non-hydrogen) atoms. The van der Waals surface area contributed by atoms with Gasteiger partial charge in [0.1, 0.15) is 11.2 Å². The molecule has 0 fully saturated rings. The number of furan rings is 1. The lowest BCUT2D eigenvalue weighted by Crippen LogP contribution is -2.00. The Kier molecular flexibility index (Phi) is 5.78. The van der Waals surface area contributed by atoms with Crippen LogP contribution in [0, 0.1) is 0 Å². The van der Waals surface area contributed by atoms with E-state index >= 15 is 0 Å². The van der Waals surface area contributed by atoms with Crippen molar-refractivity contribution in [3.63, 3.8) is 0 Å². The van der Waals surface area contributed by atoms with Gasteiger partial charge in [-0.15, -0.1) is 0 Å². The molecule has 0 radical (unpaired) electrons. The average Bonchev–Trinajstić information content (AvgIpc) is 3.48. The van der Waals surface area contributed by atoms with E-state index in [0.717, 1.165) is 55.1 Å². The van der Waals surface area contributed by atoms with Crippen molar-refractivity contribution in [1.82, 2.24) is 15.0 Å². The molecule has 0 atom stereocenters. The molecule has 7 aromatic carbocycles. The van der Waals surface area contributed by atoms with Crippen LogP contribution in [0.25, 0.3) is 88.8 Å². The van der Waals surface area contributed by atoms with E-state index in [-0.39, 0.29) is 0 Å². The van der Waals surface area contributed by atoms with Crippen LogP contribution in [0.15, 0.2) is 156 Å². The number of benzene rings is 7. The largest absolute Gasteiger partial charge is 0.456 e. The van der Waals surface area contributed by atoms with Crippen molar-refractivity contribution in [3.05, 3.63) is 152 Å². The molecule has 210 valence electrons. The van der Waals surface area contributed by atoms with Crippen LogP contribution in [-0.4, -0.2) is 15.0 Å². The van der Waals surface area contributed by atoms with Gasteiger partial charge in [0, 0.05) is 27.5 Å². The topological polar surface area (TPSA) is 51.8 Å². The highest BCUT2D eigenvalue weighted by Crippen LogP contribution is 2.37. The predicted octanol–water partition coefficient (Wildman–Crippen LogP) is 10.7. The molecule has 4 heteroatoms. The summed E-state index contributed by atoms with van der Waals surface area (Å²) in [5, 5.41) is 7.05. The third-order valence-electron chi connectivity index (χ3n) is 8.49. The van der Waals surface area contributed by atoms with Crippen molar-refractivity contribution < 1.29 is 4.42 Å². The number of hydrogen-bond acceptors (Lipinski definition) is 4. The standard InChI is InChI=1S/C41H25N3O/c1-3-10-27(11-4-1)39-42-40(28-12-5-2-6-13-28)44-41(43-39)32-15-9-14-29(22-32)30-20-18-26-19-21-31-24-38-36(25-35(31)34(26)23-30)33-16-7-8-17-37(33)45-38/h1-25H. The lowest BCUT2D eigenvalue weighted by Gasteiger charge is -2.11. The summed E-state index contributed by atoms with van der Waals surface area (Å²) in [5.41, 5.74) is 6.90. The highest BCUT2D eigenvalue weighted by Gasteiger charge is 2.14. The number of nitrogens with zero attached hydrogens (tertiary/aromatic N) is 3. The summed E-state index contributed by atoms with van der Waals surface area (Å²) in [6.45, 7) is 0. The van der Waals surface area contributed by atoms with Gasteiger partial charge < -0.3 is 4.42 Å². The number of rotatable bonds is 4. The van der Waals surface area contributed by atoms with Gasteiger partial charge in [0.15, 0.2) is 17.5 Å². The molecule has 0 saturated heterocycles. The van der Waals surface area contributed by atoms with Crippen molar-refractivity contribution in [2.45, 2.75) is 0 Å². The van der Waals surface area contributed by atoms with Gasteiger partial charge in [-0.05, 0) is 63.0 Å². The Morgan fingerprint density at radius 2 is 0.867 bits per heavy atom. The smallest absolute Gasteiger partial charge is 0.164 e. The molecular weight excluding hydrogens is 550 g/mol. The highest BCUT2D eigenvalue weighted by atomic mass is 16.3. The molecule has 0 bridgehead atoms. The molecular formula is C41H25N3O. The molecule has 0 N–H and O–H groups in total. The lowest BCUT2D eigenvalue weighted by atomic mass is 9.95. The van der Waals surface area contributed by atoms with E-state index in [1.165, 1.54) is 16.2 Å². The Labute approximate surface area is 259 Å². The Morgan fingerprint density at radius 1 is 0.311 bits per heavy atom. The molecule has 9 rings (SSSR count). The zero-order valence-corrected chi connectivity index (χ0v) is 24.2. The van der Waals surface area contributed by atoms with Crippen molar-refractivity contribution in [1.29, 1.82) is 0 Å². The summed E-state index contributed by atoms with van der Waals surface area (Å²) >= 11 is 0. The second-order valence-electron chi connectivity index (χ2n) is 11.3. The molecule has 0 aliphatic heterocycles. The second kappa shape index (κ2) is 10.2. The summed E-state index contributed by atoms with van der Waals surface area (Å²) < 4.78 is 6.18. The fourth-order valence-electron chi connectivity index (χ4n) is 6.23. The molecule has 2 aromatic heterocycles. The fourth-order valence-corrected chi connectivity index (χ4v) is 6.23. The number of para-hydroxylation sites is 1. The number of aromatic nitrogens is 3. The zero-order chi connectivity index (χ0) is 29.7. The van der Waals surface area contributed by atoms with Crippen molar-refractivity contribution in [2.24, 2.45) is 0 Å². The van der Waals surface area contributed by atoms with E-state index in [9.17, 15) is 0 Å². The lowest BCUT2D eigenvalue weighted by molar-refractivity contribution is 0.669. The van der Waals surface area contributed by atoms with Gasteiger partial charge in [-0.2, -0.15) is 0 Å². The van der Waals surface area contributed by atoms with Crippen molar-refractivity contribution in [2.75, 3.05) is 0 Å². The summed E-state index contributed by atoms with van der Waals surface area (Å²) in [6, 6.07) is 52.3. The second-order valence-corrected chi connectivity index (χ2v) is 11.3. The van der Waals surface area contributed by atoms with Gasteiger partial charge in [0.05, 0.1) is 0 Å². The van der Waals surface area contributed by atoms with E-state index < -0.39 is 0 Å². The fraction of sp³-hybridized carbons (Fsp3) is 0. The third-order valence-corrected chi connectivity index (χ3v) is 8.49. The van der Waals surface area contributed by atoms with Crippen LogP contribution in [0.2, 0.25) is 0 Å². The van der Waals surface area contributed by atoms with E-state index in [1.54, 1.807) is 0 Å². The van der Waals surface area contributed by atoms with Crippen LogP contribution in [0.3, 0.4) is 0 Å². The van der Waals surface area contributed by atoms with E-state index in [0.29, 0.717) is 17.5 Å². The normalized spacial score (nSPS) is 11.6. The predicted molar refractivity (Wildman–Crippen MR) is 184 cm³/mol. The minimum atomic E-state index is 0.644. The first-order valence-corrected chi connectivity index (χ1v) is 15.0. The SMILES string of the molecule is c1ccc(-c2nc(-c3ccccc3)nc(-c3cccc(-c4ccc5ccc6cc7oc8ccccc8c7cc6c5c4)c3)n2)cc1. The Morgan fingerprint density at radius 3 is 1.62 bits per heavy atom. The third kappa shape index (κ3) is 4.43. The molecule has 0 aliphatic rings. The summed E-state index contributed by atoms with van der Waals surface area (Å²) in [7, 11) is 0. The Hall–Kier alpha value is -6.13. The molecule has 0 spiro atoms. The van der Waals surface area contributed by atoms with Crippen LogP contribution >= 0.6 is 0 Å². The molecule has 0 aliphatic carbocycles. The van der Waals surface area contributed by atoms with Gasteiger partial charge in [-0.25, -0.2) is 15.0 Å².